The Hall–Kier alpha value is -1.35. The number of carbonyl (C=O) groups excluding carboxylic acids is 1. The third-order valence-electron chi connectivity index (χ3n) is 3.62. The van der Waals surface area contributed by atoms with Crippen LogP contribution in [0.5, 0.6) is 0 Å². The molecule has 1 aromatic carbocycles. The number of hydrogen-bond donors (Lipinski definition) is 2. The summed E-state index contributed by atoms with van der Waals surface area (Å²) in [4.78, 5) is 12.3. The predicted molar refractivity (Wildman–Crippen MR) is 68.6 cm³/mol. The number of benzene rings is 1. The lowest BCUT2D eigenvalue weighted by Crippen LogP contribution is -2.44. The van der Waals surface area contributed by atoms with E-state index in [9.17, 15) is 4.79 Å². The zero-order chi connectivity index (χ0) is 12.3. The fourth-order valence-electron chi connectivity index (χ4n) is 2.18. The van der Waals surface area contributed by atoms with E-state index in [0.717, 1.165) is 24.8 Å². The highest BCUT2D eigenvalue weighted by Gasteiger charge is 2.51. The van der Waals surface area contributed by atoms with Crippen molar-refractivity contribution < 1.29 is 4.79 Å². The quantitative estimate of drug-likeness (QED) is 0.809. The standard InChI is InChI=1S/C14H20N2O/c1-2-12(10-15)16-13(17)14(8-9-14)11-6-4-3-5-7-11/h3-7,12H,2,8-10,15H2,1H3,(H,16,17). The molecule has 1 saturated carbocycles. The molecule has 3 N–H and O–H groups in total. The Morgan fingerprint density at radius 2 is 2.06 bits per heavy atom. The molecule has 1 aliphatic carbocycles. The van der Waals surface area contributed by atoms with Gasteiger partial charge >= 0.3 is 0 Å². The first-order valence-electron chi connectivity index (χ1n) is 6.29. The van der Waals surface area contributed by atoms with Gasteiger partial charge in [0.25, 0.3) is 0 Å². The molecule has 3 nitrogen and oxygen atoms in total. The van der Waals surface area contributed by atoms with Crippen LogP contribution in [-0.2, 0) is 10.2 Å². The van der Waals surface area contributed by atoms with Gasteiger partial charge in [-0.3, -0.25) is 4.79 Å². The van der Waals surface area contributed by atoms with Gasteiger partial charge in [0.1, 0.15) is 0 Å². The summed E-state index contributed by atoms with van der Waals surface area (Å²) in [5.74, 6) is 0.140. The highest BCUT2D eigenvalue weighted by atomic mass is 16.2. The number of amides is 1. The minimum Gasteiger partial charge on any atom is -0.351 e. The number of carbonyl (C=O) groups is 1. The average Bonchev–Trinajstić information content (AvgIpc) is 3.18. The summed E-state index contributed by atoms with van der Waals surface area (Å²) < 4.78 is 0. The summed E-state index contributed by atoms with van der Waals surface area (Å²) in [7, 11) is 0. The largest absolute Gasteiger partial charge is 0.351 e. The molecule has 0 aliphatic heterocycles. The van der Waals surface area contributed by atoms with Crippen LogP contribution in [0.2, 0.25) is 0 Å². The van der Waals surface area contributed by atoms with Gasteiger partial charge in [-0.25, -0.2) is 0 Å². The smallest absolute Gasteiger partial charge is 0.230 e. The van der Waals surface area contributed by atoms with Crippen molar-refractivity contribution in [3.05, 3.63) is 35.9 Å². The Morgan fingerprint density at radius 3 is 2.53 bits per heavy atom. The molecule has 1 unspecified atom stereocenters. The van der Waals surface area contributed by atoms with Gasteiger partial charge in [-0.05, 0) is 24.8 Å². The predicted octanol–water partition coefficient (Wildman–Crippen LogP) is 1.57. The molecule has 1 amide bonds. The number of rotatable bonds is 5. The van der Waals surface area contributed by atoms with Crippen LogP contribution in [-0.4, -0.2) is 18.5 Å². The third kappa shape index (κ3) is 2.34. The Bertz CT molecular complexity index is 380. The van der Waals surface area contributed by atoms with Gasteiger partial charge in [0.05, 0.1) is 5.41 Å². The van der Waals surface area contributed by atoms with E-state index in [-0.39, 0.29) is 17.4 Å². The molecular weight excluding hydrogens is 212 g/mol. The Balaban J connectivity index is 2.09. The van der Waals surface area contributed by atoms with Crippen molar-refractivity contribution in [2.45, 2.75) is 37.6 Å². The Morgan fingerprint density at radius 1 is 1.41 bits per heavy atom. The lowest BCUT2D eigenvalue weighted by atomic mass is 9.94. The van der Waals surface area contributed by atoms with E-state index < -0.39 is 0 Å². The van der Waals surface area contributed by atoms with Crippen molar-refractivity contribution >= 4 is 5.91 Å². The molecule has 0 bridgehead atoms. The van der Waals surface area contributed by atoms with E-state index in [1.54, 1.807) is 0 Å². The fraction of sp³-hybridized carbons (Fsp3) is 0.500. The second-order valence-corrected chi connectivity index (χ2v) is 4.76. The van der Waals surface area contributed by atoms with Crippen LogP contribution >= 0.6 is 0 Å². The average molecular weight is 232 g/mol. The van der Waals surface area contributed by atoms with E-state index in [2.05, 4.69) is 5.32 Å². The van der Waals surface area contributed by atoms with E-state index in [1.807, 2.05) is 37.3 Å². The fourth-order valence-corrected chi connectivity index (χ4v) is 2.18. The van der Waals surface area contributed by atoms with E-state index in [0.29, 0.717) is 6.54 Å². The molecule has 17 heavy (non-hydrogen) atoms. The molecule has 1 fully saturated rings. The molecule has 1 aromatic rings. The van der Waals surface area contributed by atoms with Crippen molar-refractivity contribution in [2.24, 2.45) is 5.73 Å². The van der Waals surface area contributed by atoms with Crippen molar-refractivity contribution in [3.63, 3.8) is 0 Å². The molecule has 0 radical (unpaired) electrons. The van der Waals surface area contributed by atoms with E-state index in [1.165, 1.54) is 0 Å². The maximum absolute atomic E-state index is 12.3. The number of nitrogens with one attached hydrogen (secondary N) is 1. The zero-order valence-electron chi connectivity index (χ0n) is 10.3. The SMILES string of the molecule is CCC(CN)NC(=O)C1(c2ccccc2)CC1. The monoisotopic (exact) mass is 232 g/mol. The summed E-state index contributed by atoms with van der Waals surface area (Å²) in [6.45, 7) is 2.55. The molecule has 92 valence electrons. The maximum atomic E-state index is 12.3. The van der Waals surface area contributed by atoms with Gasteiger partial charge in [0.2, 0.25) is 5.91 Å². The first-order valence-corrected chi connectivity index (χ1v) is 6.29. The molecule has 0 aromatic heterocycles. The van der Waals surface area contributed by atoms with Gasteiger partial charge in [-0.1, -0.05) is 37.3 Å². The third-order valence-corrected chi connectivity index (χ3v) is 3.62. The maximum Gasteiger partial charge on any atom is 0.230 e. The van der Waals surface area contributed by atoms with Crippen LogP contribution < -0.4 is 11.1 Å². The lowest BCUT2D eigenvalue weighted by Gasteiger charge is -2.20. The van der Waals surface area contributed by atoms with E-state index in [4.69, 9.17) is 5.73 Å². The van der Waals surface area contributed by atoms with Gasteiger partial charge in [0, 0.05) is 12.6 Å². The minimum atomic E-state index is -0.274. The van der Waals surface area contributed by atoms with Gasteiger partial charge in [-0.15, -0.1) is 0 Å². The van der Waals surface area contributed by atoms with Crippen LogP contribution in [0.1, 0.15) is 31.7 Å². The molecule has 2 rings (SSSR count). The molecule has 0 heterocycles. The van der Waals surface area contributed by atoms with Crippen LogP contribution in [0.3, 0.4) is 0 Å². The zero-order valence-corrected chi connectivity index (χ0v) is 10.3. The number of nitrogens with two attached hydrogens (primary N) is 1. The minimum absolute atomic E-state index is 0.101. The second kappa shape index (κ2) is 4.88. The van der Waals surface area contributed by atoms with Gasteiger partial charge < -0.3 is 11.1 Å². The summed E-state index contributed by atoms with van der Waals surface area (Å²) in [5, 5.41) is 3.05. The molecule has 3 heteroatoms. The molecule has 0 saturated heterocycles. The van der Waals surface area contributed by atoms with Gasteiger partial charge in [0.15, 0.2) is 0 Å². The summed E-state index contributed by atoms with van der Waals surface area (Å²) in [6, 6.07) is 10.1. The van der Waals surface area contributed by atoms with Crippen LogP contribution in [0.25, 0.3) is 0 Å². The number of hydrogen-bond acceptors (Lipinski definition) is 2. The van der Waals surface area contributed by atoms with Crippen LogP contribution in [0.15, 0.2) is 30.3 Å². The summed E-state index contributed by atoms with van der Waals surface area (Å²) >= 11 is 0. The van der Waals surface area contributed by atoms with Crippen molar-refractivity contribution in [3.8, 4) is 0 Å². The Labute approximate surface area is 102 Å². The highest BCUT2D eigenvalue weighted by Crippen LogP contribution is 2.48. The Kier molecular flexibility index (Phi) is 3.48. The molecular formula is C14H20N2O. The van der Waals surface area contributed by atoms with Gasteiger partial charge in [-0.2, -0.15) is 0 Å². The first kappa shape index (κ1) is 12.1. The normalized spacial score (nSPS) is 18.5. The van der Waals surface area contributed by atoms with Crippen LogP contribution in [0, 0.1) is 0 Å². The van der Waals surface area contributed by atoms with E-state index >= 15 is 0 Å². The van der Waals surface area contributed by atoms with Crippen molar-refractivity contribution in [1.29, 1.82) is 0 Å². The molecule has 0 spiro atoms. The summed E-state index contributed by atoms with van der Waals surface area (Å²) in [5.41, 5.74) is 6.47. The lowest BCUT2D eigenvalue weighted by molar-refractivity contribution is -0.124. The molecule has 1 aliphatic rings. The van der Waals surface area contributed by atoms with Crippen molar-refractivity contribution in [1.82, 2.24) is 5.32 Å². The molecule has 1 atom stereocenters. The second-order valence-electron chi connectivity index (χ2n) is 4.76. The van der Waals surface area contributed by atoms with Crippen LogP contribution in [0.4, 0.5) is 0 Å². The first-order chi connectivity index (χ1) is 8.23. The topological polar surface area (TPSA) is 55.1 Å². The van der Waals surface area contributed by atoms with Crippen molar-refractivity contribution in [2.75, 3.05) is 6.54 Å². The highest BCUT2D eigenvalue weighted by molar-refractivity contribution is 5.91. The summed E-state index contributed by atoms with van der Waals surface area (Å²) in [6.07, 6.45) is 2.78.